The van der Waals surface area contributed by atoms with Crippen LogP contribution in [0.4, 0.5) is 0 Å². The van der Waals surface area contributed by atoms with Crippen molar-refractivity contribution in [2.75, 3.05) is 0 Å². The van der Waals surface area contributed by atoms with E-state index >= 15 is 0 Å². The summed E-state index contributed by atoms with van der Waals surface area (Å²) in [5, 5.41) is 18.1. The van der Waals surface area contributed by atoms with Crippen LogP contribution in [0.3, 0.4) is 0 Å². The fraction of sp³-hybridized carbons (Fsp3) is 0.184. The fourth-order valence-corrected chi connectivity index (χ4v) is 8.40. The van der Waals surface area contributed by atoms with Crippen LogP contribution in [0, 0.1) is 0 Å². The van der Waals surface area contributed by atoms with Gasteiger partial charge in [-0.05, 0) is 122 Å². The Morgan fingerprint density at radius 3 is 1.49 bits per heavy atom. The van der Waals surface area contributed by atoms with Crippen molar-refractivity contribution >= 4 is 5.57 Å². The van der Waals surface area contributed by atoms with Crippen LogP contribution in [0.25, 0.3) is 62.5 Å². The lowest BCUT2D eigenvalue weighted by Crippen LogP contribution is -2.26. The van der Waals surface area contributed by atoms with Gasteiger partial charge in [-0.25, -0.2) is 0 Å². The van der Waals surface area contributed by atoms with Gasteiger partial charge in [0.1, 0.15) is 0 Å². The van der Waals surface area contributed by atoms with E-state index < -0.39 is 5.41 Å². The second-order valence-electron chi connectivity index (χ2n) is 16.7. The lowest BCUT2D eigenvalue weighted by atomic mass is 9.69. The largest absolute Gasteiger partial charge is 0.416 e. The Morgan fingerprint density at radius 2 is 0.945 bits per heavy atom. The lowest BCUT2D eigenvalue weighted by Gasteiger charge is -2.31. The van der Waals surface area contributed by atoms with Gasteiger partial charge in [0, 0.05) is 27.8 Å². The Morgan fingerprint density at radius 1 is 0.491 bits per heavy atom. The van der Waals surface area contributed by atoms with Gasteiger partial charge < -0.3 is 8.83 Å². The molecule has 0 fully saturated rings. The molecule has 10 rings (SSSR count). The lowest BCUT2D eigenvalue weighted by molar-refractivity contribution is 0.581. The number of hydrogen-bond acceptors (Lipinski definition) is 6. The van der Waals surface area contributed by atoms with Crippen molar-refractivity contribution in [2.45, 2.75) is 57.8 Å². The van der Waals surface area contributed by atoms with E-state index in [2.05, 4.69) is 189 Å². The summed E-state index contributed by atoms with van der Waals surface area (Å²) in [4.78, 5) is 0. The van der Waals surface area contributed by atoms with Gasteiger partial charge in [0.05, 0.1) is 5.41 Å². The third-order valence-electron chi connectivity index (χ3n) is 11.3. The van der Waals surface area contributed by atoms with Gasteiger partial charge in [-0.15, -0.1) is 20.4 Å². The monoisotopic (exact) mass is 714 g/mol. The first kappa shape index (κ1) is 33.0. The Balaban J connectivity index is 1.10. The maximum atomic E-state index is 6.39. The predicted octanol–water partition coefficient (Wildman–Crippen LogP) is 11.7. The van der Waals surface area contributed by atoms with Crippen LogP contribution >= 0.6 is 0 Å². The Labute approximate surface area is 320 Å². The molecule has 0 radical (unpaired) electrons. The van der Waals surface area contributed by atoms with Gasteiger partial charge in [-0.1, -0.05) is 114 Å². The number of hydrogen-bond donors (Lipinski definition) is 0. The molecule has 0 unspecified atom stereocenters. The fourth-order valence-electron chi connectivity index (χ4n) is 8.40. The van der Waals surface area contributed by atoms with E-state index in [4.69, 9.17) is 8.83 Å². The van der Waals surface area contributed by atoms with Crippen LogP contribution in [0.2, 0.25) is 0 Å². The van der Waals surface area contributed by atoms with E-state index in [1.807, 2.05) is 6.08 Å². The molecule has 2 aromatic heterocycles. The molecule has 55 heavy (non-hydrogen) atoms. The quantitative estimate of drug-likeness (QED) is 0.169. The topological polar surface area (TPSA) is 77.8 Å². The van der Waals surface area contributed by atoms with Crippen molar-refractivity contribution in [1.82, 2.24) is 20.4 Å². The highest BCUT2D eigenvalue weighted by atomic mass is 16.4. The van der Waals surface area contributed by atoms with E-state index in [9.17, 15) is 0 Å². The van der Waals surface area contributed by atoms with Gasteiger partial charge in [0.15, 0.2) is 0 Å². The summed E-state index contributed by atoms with van der Waals surface area (Å²) in [6.45, 7) is 13.2. The summed E-state index contributed by atoms with van der Waals surface area (Å²) >= 11 is 0. The molecule has 0 amide bonds. The SMILES string of the molecule is CC(C)(C)c1ccc(-c2nnc(-c3ccc4c(c3)[C@]3(C5=CC=C=C=C54)c4ccccc4-c4ccc(-c5nnc(-c6ccc(C(C)(C)C)cc6)o5)cc43)o2)cc1. The second-order valence-corrected chi connectivity index (χ2v) is 16.7. The van der Waals surface area contributed by atoms with Gasteiger partial charge in [0.2, 0.25) is 23.6 Å². The molecule has 3 aliphatic carbocycles. The minimum Gasteiger partial charge on any atom is -0.416 e. The van der Waals surface area contributed by atoms with Crippen molar-refractivity contribution in [1.29, 1.82) is 0 Å². The van der Waals surface area contributed by atoms with Crippen LogP contribution in [-0.4, -0.2) is 20.4 Å². The number of rotatable bonds is 4. The van der Waals surface area contributed by atoms with E-state index in [-0.39, 0.29) is 10.8 Å². The van der Waals surface area contributed by atoms with Crippen molar-refractivity contribution < 1.29 is 8.83 Å². The molecule has 0 saturated carbocycles. The normalized spacial score (nSPS) is 16.5. The van der Waals surface area contributed by atoms with Gasteiger partial charge >= 0.3 is 0 Å². The zero-order chi connectivity index (χ0) is 37.7. The van der Waals surface area contributed by atoms with Crippen molar-refractivity contribution in [3.05, 3.63) is 172 Å². The predicted molar refractivity (Wildman–Crippen MR) is 216 cm³/mol. The molecule has 0 bridgehead atoms. The molecule has 5 aromatic carbocycles. The van der Waals surface area contributed by atoms with Gasteiger partial charge in [0.25, 0.3) is 0 Å². The summed E-state index contributed by atoms with van der Waals surface area (Å²) in [5.41, 5.74) is 21.2. The number of aromatic nitrogens is 4. The Hall–Kier alpha value is -6.58. The first-order chi connectivity index (χ1) is 26.5. The summed E-state index contributed by atoms with van der Waals surface area (Å²) in [6.07, 6.45) is 4.14. The highest BCUT2D eigenvalue weighted by Gasteiger charge is 2.54. The summed E-state index contributed by atoms with van der Waals surface area (Å²) in [7, 11) is 0. The van der Waals surface area contributed by atoms with Gasteiger partial charge in [-0.3, -0.25) is 0 Å². The molecule has 266 valence electrons. The molecule has 3 aliphatic rings. The first-order valence-electron chi connectivity index (χ1n) is 18.7. The zero-order valence-electron chi connectivity index (χ0n) is 31.7. The summed E-state index contributed by atoms with van der Waals surface area (Å²) in [6, 6.07) is 38.4. The van der Waals surface area contributed by atoms with Crippen LogP contribution < -0.4 is 0 Å². The van der Waals surface area contributed by atoms with E-state index in [1.165, 1.54) is 22.3 Å². The smallest absolute Gasteiger partial charge is 0.248 e. The molecule has 1 spiro atoms. The third kappa shape index (κ3) is 5.03. The molecule has 1 atom stereocenters. The van der Waals surface area contributed by atoms with E-state index in [0.29, 0.717) is 23.6 Å². The summed E-state index contributed by atoms with van der Waals surface area (Å²) < 4.78 is 12.8. The average molecular weight is 715 g/mol. The molecular formula is C49H38N4O2. The molecule has 6 nitrogen and oxygen atoms in total. The van der Waals surface area contributed by atoms with E-state index in [1.54, 1.807) is 0 Å². The van der Waals surface area contributed by atoms with Crippen LogP contribution in [0.15, 0.2) is 147 Å². The first-order valence-corrected chi connectivity index (χ1v) is 18.7. The maximum Gasteiger partial charge on any atom is 0.248 e. The van der Waals surface area contributed by atoms with Crippen LogP contribution in [-0.2, 0) is 16.2 Å². The maximum absolute atomic E-state index is 6.39. The molecule has 0 aliphatic heterocycles. The van der Waals surface area contributed by atoms with Crippen LogP contribution in [0.1, 0.15) is 74.9 Å². The number of allylic oxidation sites excluding steroid dienone is 4. The highest BCUT2D eigenvalue weighted by Crippen LogP contribution is 2.64. The number of benzene rings is 5. The van der Waals surface area contributed by atoms with Crippen molar-refractivity contribution in [3.8, 4) is 56.9 Å². The van der Waals surface area contributed by atoms with Gasteiger partial charge in [-0.2, -0.15) is 0 Å². The molecular weight excluding hydrogens is 677 g/mol. The molecule has 6 heteroatoms. The molecule has 0 N–H and O–H groups in total. The van der Waals surface area contributed by atoms with Crippen molar-refractivity contribution in [2.24, 2.45) is 0 Å². The van der Waals surface area contributed by atoms with Crippen molar-refractivity contribution in [3.63, 3.8) is 0 Å². The van der Waals surface area contributed by atoms with Crippen LogP contribution in [0.5, 0.6) is 0 Å². The summed E-state index contributed by atoms with van der Waals surface area (Å²) in [5.74, 6) is 1.91. The minimum atomic E-state index is -0.647. The number of nitrogens with zero attached hydrogens (tertiary/aromatic N) is 4. The molecule has 0 saturated heterocycles. The third-order valence-corrected chi connectivity index (χ3v) is 11.3. The second kappa shape index (κ2) is 11.7. The minimum absolute atomic E-state index is 0.0527. The Kier molecular flexibility index (Phi) is 7.03. The standard InChI is InChI=1S/C49H38N4O2/c1-47(2,3)33-21-15-29(16-22-33)43-50-52-45(54-43)31-19-25-37-35-11-7-9-13-39(35)49(41(37)27-31)40-14-10-8-12-36(40)38-26-20-32(28-42(38)49)46-53-51-44(55-46)30-17-23-34(24-18-30)48(4,5)6/h7,9-11,13-28H,1-6H3/t49-/m0/s1. The zero-order valence-corrected chi connectivity index (χ0v) is 31.7. The highest BCUT2D eigenvalue weighted by molar-refractivity contribution is 6.01. The number of fused-ring (bicyclic) bond motifs is 10. The molecule has 7 aromatic rings. The van der Waals surface area contributed by atoms with E-state index in [0.717, 1.165) is 55.7 Å². The average Bonchev–Trinajstić information content (AvgIpc) is 3.99. The Bertz CT molecular complexity index is 2840. The molecule has 2 heterocycles.